The van der Waals surface area contributed by atoms with Gasteiger partial charge in [0.15, 0.2) is 11.5 Å². The van der Waals surface area contributed by atoms with E-state index in [9.17, 15) is 10.2 Å². The van der Waals surface area contributed by atoms with Gasteiger partial charge in [0, 0.05) is 6.42 Å². The maximum Gasteiger partial charge on any atom is 0.159 e. The SMILES string of the molecule is Nc1c(O)c(Cl)c(Cc2c(Cl)c(O)c(N)c(Cl)c2Cl)c(Cl)c1Cl. The summed E-state index contributed by atoms with van der Waals surface area (Å²) >= 11 is 36.3. The number of phenolic OH excluding ortho intramolecular Hbond substituents is 2. The number of aromatic hydroxyl groups is 2. The number of hydrogen-bond donors (Lipinski definition) is 4. The first kappa shape index (κ1) is 18.7. The lowest BCUT2D eigenvalue weighted by atomic mass is 10.0. The van der Waals surface area contributed by atoms with Gasteiger partial charge in [-0.15, -0.1) is 0 Å². The number of halogens is 6. The molecule has 0 aliphatic rings. The minimum Gasteiger partial charge on any atom is -0.504 e. The highest BCUT2D eigenvalue weighted by Crippen LogP contribution is 2.49. The summed E-state index contributed by atoms with van der Waals surface area (Å²) in [4.78, 5) is 0. The number of phenols is 2. The summed E-state index contributed by atoms with van der Waals surface area (Å²) in [5, 5.41) is 19.5. The Morgan fingerprint density at radius 3 is 1.17 bits per heavy atom. The number of nitrogen functional groups attached to an aromatic ring is 2. The van der Waals surface area contributed by atoms with Gasteiger partial charge in [0.2, 0.25) is 0 Å². The van der Waals surface area contributed by atoms with Gasteiger partial charge in [-0.25, -0.2) is 0 Å². The van der Waals surface area contributed by atoms with Gasteiger partial charge in [-0.2, -0.15) is 0 Å². The summed E-state index contributed by atoms with van der Waals surface area (Å²) in [7, 11) is 0. The normalized spacial score (nSPS) is 11.0. The fraction of sp³-hybridized carbons (Fsp3) is 0.0769. The van der Waals surface area contributed by atoms with Crippen molar-refractivity contribution in [2.75, 3.05) is 11.5 Å². The van der Waals surface area contributed by atoms with Crippen LogP contribution in [-0.2, 0) is 6.42 Å². The van der Waals surface area contributed by atoms with Crippen molar-refractivity contribution in [3.05, 3.63) is 41.3 Å². The maximum atomic E-state index is 9.90. The van der Waals surface area contributed by atoms with E-state index in [1.165, 1.54) is 0 Å². The van der Waals surface area contributed by atoms with E-state index in [1.54, 1.807) is 0 Å². The van der Waals surface area contributed by atoms with Gasteiger partial charge in [0.25, 0.3) is 0 Å². The van der Waals surface area contributed by atoms with Crippen LogP contribution in [0.3, 0.4) is 0 Å². The van der Waals surface area contributed by atoms with E-state index < -0.39 is 11.5 Å². The van der Waals surface area contributed by atoms with Gasteiger partial charge in [0.05, 0.1) is 41.5 Å². The van der Waals surface area contributed by atoms with E-state index in [0.717, 1.165) is 0 Å². The van der Waals surface area contributed by atoms with E-state index in [-0.39, 0.29) is 59.1 Å². The highest BCUT2D eigenvalue weighted by Gasteiger charge is 2.24. The Hall–Kier alpha value is -0.620. The van der Waals surface area contributed by atoms with E-state index in [2.05, 4.69) is 0 Å². The van der Waals surface area contributed by atoms with Crippen molar-refractivity contribution in [1.82, 2.24) is 0 Å². The third-order valence-electron chi connectivity index (χ3n) is 3.20. The van der Waals surface area contributed by atoms with Gasteiger partial charge in [-0.05, 0) is 11.1 Å². The summed E-state index contributed by atoms with van der Waals surface area (Å²) in [6.07, 6.45) is -0.0730. The van der Waals surface area contributed by atoms with Gasteiger partial charge in [0.1, 0.15) is 0 Å². The van der Waals surface area contributed by atoms with Crippen LogP contribution in [0, 0.1) is 0 Å². The van der Waals surface area contributed by atoms with Crippen LogP contribution in [0.25, 0.3) is 0 Å². The van der Waals surface area contributed by atoms with E-state index in [1.807, 2.05) is 0 Å². The smallest absolute Gasteiger partial charge is 0.159 e. The van der Waals surface area contributed by atoms with Crippen molar-refractivity contribution in [2.24, 2.45) is 0 Å². The average Bonchev–Trinajstić information content (AvgIpc) is 2.54. The average molecular weight is 437 g/mol. The second kappa shape index (κ2) is 6.71. The summed E-state index contributed by atoms with van der Waals surface area (Å²) in [6, 6.07) is 0. The molecule has 124 valence electrons. The Morgan fingerprint density at radius 2 is 0.870 bits per heavy atom. The topological polar surface area (TPSA) is 92.5 Å². The Morgan fingerprint density at radius 1 is 0.565 bits per heavy atom. The molecule has 0 heterocycles. The van der Waals surface area contributed by atoms with Crippen LogP contribution < -0.4 is 11.5 Å². The lowest BCUT2D eigenvalue weighted by Crippen LogP contribution is -2.00. The third kappa shape index (κ3) is 3.04. The Kier molecular flexibility index (Phi) is 5.46. The van der Waals surface area contributed by atoms with Crippen LogP contribution in [-0.4, -0.2) is 10.2 Å². The number of anilines is 2. The van der Waals surface area contributed by atoms with E-state index in [4.69, 9.17) is 81.1 Å². The number of nitrogens with two attached hydrogens (primary N) is 2. The maximum absolute atomic E-state index is 9.90. The molecule has 0 aromatic heterocycles. The highest BCUT2D eigenvalue weighted by atomic mass is 35.5. The lowest BCUT2D eigenvalue weighted by Gasteiger charge is -2.16. The minimum absolute atomic E-state index is 0.0199. The minimum atomic E-state index is -0.422. The zero-order valence-electron chi connectivity index (χ0n) is 11.0. The molecule has 10 heteroatoms. The molecule has 0 radical (unpaired) electrons. The predicted molar refractivity (Wildman–Crippen MR) is 97.9 cm³/mol. The van der Waals surface area contributed by atoms with Crippen molar-refractivity contribution >= 4 is 81.0 Å². The number of benzene rings is 2. The molecular weight excluding hydrogens is 429 g/mol. The first-order chi connectivity index (χ1) is 10.6. The summed E-state index contributed by atoms with van der Waals surface area (Å²) in [5.74, 6) is -0.844. The van der Waals surface area contributed by atoms with Crippen molar-refractivity contribution in [1.29, 1.82) is 0 Å². The van der Waals surface area contributed by atoms with Crippen LogP contribution in [0.1, 0.15) is 11.1 Å². The second-order valence-electron chi connectivity index (χ2n) is 4.54. The molecule has 0 unspecified atom stereocenters. The molecule has 2 aromatic rings. The summed E-state index contributed by atoms with van der Waals surface area (Å²) < 4.78 is 0. The molecule has 0 aliphatic heterocycles. The highest BCUT2D eigenvalue weighted by molar-refractivity contribution is 6.47. The standard InChI is InChI=1S/C13H8Cl6N2O2/c14-4-2(6(16)12(22)10(20)8(4)18)1-3-5(15)9(19)11(21)13(23)7(3)17/h22-23H,1,20-21H2. The van der Waals surface area contributed by atoms with Crippen molar-refractivity contribution in [3.8, 4) is 11.5 Å². The molecule has 0 bridgehead atoms. The molecule has 0 atom stereocenters. The number of hydrogen-bond acceptors (Lipinski definition) is 4. The van der Waals surface area contributed by atoms with Crippen LogP contribution in [0.15, 0.2) is 0 Å². The molecule has 0 aliphatic carbocycles. The molecule has 6 N–H and O–H groups in total. The van der Waals surface area contributed by atoms with Gasteiger partial charge >= 0.3 is 0 Å². The molecule has 0 spiro atoms. The Balaban J connectivity index is 2.71. The fourth-order valence-electron chi connectivity index (χ4n) is 1.91. The predicted octanol–water partition coefficient (Wildman–Crippen LogP) is 5.77. The molecule has 2 rings (SSSR count). The van der Waals surface area contributed by atoms with Crippen LogP contribution >= 0.6 is 69.6 Å². The van der Waals surface area contributed by atoms with Gasteiger partial charge < -0.3 is 21.7 Å². The van der Waals surface area contributed by atoms with Crippen LogP contribution in [0.2, 0.25) is 30.1 Å². The van der Waals surface area contributed by atoms with Gasteiger partial charge in [-0.3, -0.25) is 0 Å². The molecule has 0 saturated carbocycles. The Labute approximate surface area is 161 Å². The first-order valence-electron chi connectivity index (χ1n) is 5.87. The second-order valence-corrected chi connectivity index (χ2v) is 6.81. The summed E-state index contributed by atoms with van der Waals surface area (Å²) in [6.45, 7) is 0. The van der Waals surface area contributed by atoms with E-state index >= 15 is 0 Å². The molecule has 0 fully saturated rings. The van der Waals surface area contributed by atoms with Crippen LogP contribution in [0.4, 0.5) is 11.4 Å². The van der Waals surface area contributed by atoms with Crippen LogP contribution in [0.5, 0.6) is 11.5 Å². The van der Waals surface area contributed by atoms with Crippen molar-refractivity contribution in [3.63, 3.8) is 0 Å². The largest absolute Gasteiger partial charge is 0.504 e. The Bertz CT molecular complexity index is 700. The third-order valence-corrected chi connectivity index (χ3v) is 5.82. The van der Waals surface area contributed by atoms with Crippen molar-refractivity contribution in [2.45, 2.75) is 6.42 Å². The fourth-order valence-corrected chi connectivity index (χ4v) is 3.47. The van der Waals surface area contributed by atoms with E-state index in [0.29, 0.717) is 0 Å². The monoisotopic (exact) mass is 434 g/mol. The quantitative estimate of drug-likeness (QED) is 0.273. The molecule has 23 heavy (non-hydrogen) atoms. The van der Waals surface area contributed by atoms with Crippen molar-refractivity contribution < 1.29 is 10.2 Å². The molecule has 2 aromatic carbocycles. The summed E-state index contributed by atoms with van der Waals surface area (Å²) in [5.41, 5.74) is 11.3. The lowest BCUT2D eigenvalue weighted by molar-refractivity contribution is 0.477. The zero-order valence-corrected chi connectivity index (χ0v) is 15.6. The van der Waals surface area contributed by atoms with Gasteiger partial charge in [-0.1, -0.05) is 69.6 Å². The number of rotatable bonds is 2. The molecular formula is C13H8Cl6N2O2. The molecule has 4 nitrogen and oxygen atoms in total. The molecule has 0 saturated heterocycles. The first-order valence-corrected chi connectivity index (χ1v) is 8.13. The molecule has 0 amide bonds. The zero-order chi connectivity index (χ0) is 17.6.